The minimum absolute atomic E-state index is 0.0739. The number of fused-ring (bicyclic) bond motifs is 7. The fraction of sp³-hybridized carbons (Fsp3) is 0.579. The van der Waals surface area contributed by atoms with Crippen molar-refractivity contribution in [2.24, 2.45) is 22.2 Å². The van der Waals surface area contributed by atoms with E-state index >= 15 is 8.78 Å². The molecular formula is C57H74F2N4O12S. The number of unbranched alkanes of at least 4 members (excludes halogenated alkanes) is 1. The number of allylic oxidation sites excluding steroid dienone is 6. The number of anilines is 1. The van der Waals surface area contributed by atoms with Crippen molar-refractivity contribution in [1.29, 1.82) is 0 Å². The van der Waals surface area contributed by atoms with Crippen molar-refractivity contribution in [3.8, 4) is 5.75 Å². The molecular weight excluding hydrogens is 1000 g/mol. The Balaban J connectivity index is 0.942. The fourth-order valence-electron chi connectivity index (χ4n) is 12.8. The number of alkyl halides is 2. The van der Waals surface area contributed by atoms with Gasteiger partial charge in [-0.05, 0) is 99.6 Å². The van der Waals surface area contributed by atoms with Crippen LogP contribution >= 0.6 is 11.8 Å². The van der Waals surface area contributed by atoms with Crippen molar-refractivity contribution >= 4 is 52.8 Å². The maximum absolute atomic E-state index is 18.2. The number of carboxylic acids is 1. The summed E-state index contributed by atoms with van der Waals surface area (Å²) >= 11 is 1.28. The van der Waals surface area contributed by atoms with Crippen molar-refractivity contribution in [1.82, 2.24) is 16.0 Å². The first-order valence-corrected chi connectivity index (χ1v) is 27.3. The predicted octanol–water partition coefficient (Wildman–Crippen LogP) is 7.00. The summed E-state index contributed by atoms with van der Waals surface area (Å²) in [5.74, 6) is -5.39. The number of halogens is 2. The van der Waals surface area contributed by atoms with Crippen molar-refractivity contribution in [3.63, 3.8) is 0 Å². The molecule has 1 saturated heterocycles. The van der Waals surface area contributed by atoms with Gasteiger partial charge in [-0.2, -0.15) is 0 Å². The number of Topliss-reactive ketones (excluding diaryl/α,β-unsaturated/α-hetero) is 1. The molecule has 4 amide bonds. The number of hydrogen-bond acceptors (Lipinski definition) is 12. The zero-order chi connectivity index (χ0) is 55.7. The average molecular weight is 1080 g/mol. The Morgan fingerprint density at radius 2 is 1.63 bits per heavy atom. The molecule has 1 heterocycles. The Labute approximate surface area is 447 Å². The minimum Gasteiger partial charge on any atom is -0.506 e. The van der Waals surface area contributed by atoms with E-state index in [2.05, 4.69) is 21.3 Å². The lowest BCUT2D eigenvalue weighted by atomic mass is 9.39. The molecule has 19 heteroatoms. The Hall–Kier alpha value is -5.47. The van der Waals surface area contributed by atoms with Gasteiger partial charge in [0.2, 0.25) is 23.6 Å². The number of thioether (sulfide) groups is 1. The first-order chi connectivity index (χ1) is 35.8. The van der Waals surface area contributed by atoms with Crippen molar-refractivity contribution < 1.29 is 67.4 Å². The largest absolute Gasteiger partial charge is 0.506 e. The Morgan fingerprint density at radius 3 is 2.29 bits per heavy atom. The molecule has 76 heavy (non-hydrogen) atoms. The van der Waals surface area contributed by atoms with Gasteiger partial charge >= 0.3 is 5.97 Å². The number of benzene rings is 2. The number of rotatable bonds is 21. The highest BCUT2D eigenvalue weighted by Gasteiger charge is 2.83. The van der Waals surface area contributed by atoms with Gasteiger partial charge < -0.3 is 51.2 Å². The number of carbonyl (C=O) groups is 6. The number of ether oxygens (including phenoxy) is 2. The molecule has 0 bridgehead atoms. The smallest absolute Gasteiger partial charge is 0.305 e. The van der Waals surface area contributed by atoms with E-state index in [-0.39, 0.29) is 60.9 Å². The van der Waals surface area contributed by atoms with Crippen LogP contribution in [0.15, 0.2) is 77.9 Å². The van der Waals surface area contributed by atoms with Crippen LogP contribution in [-0.4, -0.2) is 121 Å². The lowest BCUT2D eigenvalue weighted by molar-refractivity contribution is -0.263. The van der Waals surface area contributed by atoms with Crippen LogP contribution in [0, 0.1) is 22.2 Å². The number of amides is 4. The summed E-state index contributed by atoms with van der Waals surface area (Å²) in [5.41, 5.74) is -4.77. The monoisotopic (exact) mass is 1080 g/mol. The summed E-state index contributed by atoms with van der Waals surface area (Å²) in [7, 11) is 0. The average Bonchev–Trinajstić information content (AvgIpc) is 3.88. The second kappa shape index (κ2) is 22.9. The number of hydrogen-bond donors (Lipinski definition) is 8. The van der Waals surface area contributed by atoms with Gasteiger partial charge in [0.15, 0.2) is 23.3 Å². The summed E-state index contributed by atoms with van der Waals surface area (Å²) in [6.45, 7) is 13.0. The van der Waals surface area contributed by atoms with Crippen LogP contribution in [0.2, 0.25) is 0 Å². The van der Waals surface area contributed by atoms with E-state index in [0.717, 1.165) is 30.4 Å². The fourth-order valence-corrected chi connectivity index (χ4v) is 14.1. The molecule has 2 aromatic carbocycles. The number of phenolic OH excluding ortho intramolecular Hbond substituents is 1. The molecule has 0 aromatic heterocycles. The molecule has 3 saturated carbocycles. The number of phenols is 1. The van der Waals surface area contributed by atoms with Gasteiger partial charge in [-0.25, -0.2) is 8.78 Å². The first kappa shape index (κ1) is 58.2. The number of carboxylic acid groups (broad SMARTS) is 1. The molecule has 414 valence electrons. The zero-order valence-corrected chi connectivity index (χ0v) is 45.4. The number of carbonyl (C=O) groups excluding carboxylic acids is 5. The van der Waals surface area contributed by atoms with E-state index in [4.69, 9.17) is 9.47 Å². The molecule has 2 unspecified atom stereocenters. The van der Waals surface area contributed by atoms with Gasteiger partial charge in [0, 0.05) is 40.5 Å². The number of aliphatic hydroxyl groups excluding tert-OH is 2. The molecule has 8 N–H and O–H groups in total. The Kier molecular flexibility index (Phi) is 17.5. The van der Waals surface area contributed by atoms with E-state index in [1.807, 2.05) is 45.9 Å². The quantitative estimate of drug-likeness (QED) is 0.0588. The molecule has 4 aliphatic carbocycles. The third kappa shape index (κ3) is 10.6. The second-order valence-corrected chi connectivity index (χ2v) is 23.7. The first-order valence-electron chi connectivity index (χ1n) is 26.3. The standard InChI is InChI=1S/C57H74F2N4O12S/c1-9-11-12-31(3)76-42(27-48(69)70)51(73)60-22-20-47(68)61-32(4)49(71)62-33(5)50(72)63-40-25-36(15-18-41(40)65)23-35-13-16-37(17-14-35)52-74-46-29-54(7)43-26-39(58)38-24-34(10-2)19-21-53(38,6)56(43,59)44(66)28-55(54,8)57(46,75-52)45(67)30-64/h10,13-19,21,24-25,31-33,39,42-44,46,52,64-66H,9,11-12,20,22-23,26-30H2,1-8H3,(H,60,73)(H,61,68)(H,62,71)(H,63,72)(H,69,70)/b34-10+/t31?,32-,33-,39-,42?,43-,44-,46+,52+,53-,54-,55-,56-,57+/m0/s1. The Morgan fingerprint density at radius 1 is 0.947 bits per heavy atom. The minimum atomic E-state index is -2.29. The van der Waals surface area contributed by atoms with E-state index in [1.54, 1.807) is 56.3 Å². The number of aliphatic hydroxyl groups is 2. The summed E-state index contributed by atoms with van der Waals surface area (Å²) in [4.78, 5) is 77.3. The SMILES string of the molecule is C/C=C1\C=C[C@@]2(C)C(=C1)[C@@H](F)C[C@@H]1[C@]2(F)[C@@H](O)C[C@@]2(C)[C@@]1(C)C[C@H]1O[C@@H](c3ccc(Cc4ccc(O)c(NC(=O)[C@H](C)NC(=O)[C@H](C)NC(=O)CCNC(=O)C(CC(=O)O)SC(C)CCCC)c4)cc3)O[C@]12C(=O)CO. The van der Waals surface area contributed by atoms with Gasteiger partial charge in [-0.15, -0.1) is 11.8 Å². The highest BCUT2D eigenvalue weighted by molar-refractivity contribution is 8.01. The molecule has 2 aromatic rings. The van der Waals surface area contributed by atoms with Gasteiger partial charge in [0.1, 0.15) is 30.6 Å². The topological polar surface area (TPSA) is 250 Å². The highest BCUT2D eigenvalue weighted by Crippen LogP contribution is 2.77. The van der Waals surface area contributed by atoms with Gasteiger partial charge in [0.25, 0.3) is 0 Å². The predicted molar refractivity (Wildman–Crippen MR) is 282 cm³/mol. The Bertz CT molecular complexity index is 2670. The van der Waals surface area contributed by atoms with E-state index in [0.29, 0.717) is 17.5 Å². The maximum atomic E-state index is 18.2. The molecule has 4 fully saturated rings. The lowest BCUT2D eigenvalue weighted by Gasteiger charge is -2.67. The van der Waals surface area contributed by atoms with Crippen LogP contribution in [0.3, 0.4) is 0 Å². The van der Waals surface area contributed by atoms with Gasteiger partial charge in [0.05, 0.1) is 29.6 Å². The number of aromatic hydroxyl groups is 1. The van der Waals surface area contributed by atoms with Gasteiger partial charge in [-0.3, -0.25) is 28.8 Å². The van der Waals surface area contributed by atoms with Gasteiger partial charge in [-0.1, -0.05) is 95.2 Å². The number of ketones is 1. The summed E-state index contributed by atoms with van der Waals surface area (Å²) in [6.07, 6.45) is 4.02. The molecule has 5 aliphatic rings. The van der Waals surface area contributed by atoms with Crippen molar-refractivity contribution in [2.45, 2.75) is 172 Å². The molecule has 0 radical (unpaired) electrons. The van der Waals surface area contributed by atoms with E-state index in [1.165, 1.54) is 31.7 Å². The van der Waals surface area contributed by atoms with Crippen LogP contribution in [0.25, 0.3) is 0 Å². The van der Waals surface area contributed by atoms with E-state index in [9.17, 15) is 49.2 Å². The van der Waals surface area contributed by atoms with Crippen molar-refractivity contribution in [3.05, 3.63) is 94.6 Å². The van der Waals surface area contributed by atoms with Crippen LogP contribution in [-0.2, 0) is 44.7 Å². The second-order valence-electron chi connectivity index (χ2n) is 22.0. The molecule has 0 spiro atoms. The number of nitrogens with one attached hydrogen (secondary N) is 4. The summed E-state index contributed by atoms with van der Waals surface area (Å²) < 4.78 is 48.0. The molecule has 14 atom stereocenters. The van der Waals surface area contributed by atoms with Crippen LogP contribution in [0.4, 0.5) is 14.5 Å². The van der Waals surface area contributed by atoms with Crippen LogP contribution < -0.4 is 21.3 Å². The third-order valence-electron chi connectivity index (χ3n) is 17.3. The summed E-state index contributed by atoms with van der Waals surface area (Å²) in [6, 6.07) is 9.71. The third-order valence-corrected chi connectivity index (χ3v) is 18.7. The van der Waals surface area contributed by atoms with Crippen molar-refractivity contribution in [2.75, 3.05) is 18.5 Å². The van der Waals surface area contributed by atoms with Crippen LogP contribution in [0.5, 0.6) is 5.75 Å². The van der Waals surface area contributed by atoms with E-state index < -0.39 is 117 Å². The van der Waals surface area contributed by atoms with Crippen LogP contribution in [0.1, 0.15) is 130 Å². The highest BCUT2D eigenvalue weighted by atomic mass is 32.2. The normalized spacial score (nSPS) is 32.3. The molecule has 1 aliphatic heterocycles. The molecule has 7 rings (SSSR count). The molecule has 16 nitrogen and oxygen atoms in total. The maximum Gasteiger partial charge on any atom is 0.305 e. The summed E-state index contributed by atoms with van der Waals surface area (Å²) in [5, 5.41) is 52.2. The lowest BCUT2D eigenvalue weighted by Crippen LogP contribution is -2.73. The number of aliphatic carboxylic acids is 1. The zero-order valence-electron chi connectivity index (χ0n) is 44.5.